The van der Waals surface area contributed by atoms with Crippen LogP contribution < -0.4 is 5.11 Å². The topological polar surface area (TPSA) is 46.9 Å². The molecule has 0 amide bonds. The molecule has 0 fully saturated rings. The minimum atomic E-state index is -0.461. The Balaban J connectivity index is 2.83. The summed E-state index contributed by atoms with van der Waals surface area (Å²) >= 11 is 0. The summed E-state index contributed by atoms with van der Waals surface area (Å²) in [5, 5.41) is 16.0. The molecule has 0 saturated carbocycles. The van der Waals surface area contributed by atoms with Crippen LogP contribution in [0.1, 0.15) is 19.8 Å². The predicted molar refractivity (Wildman–Crippen MR) is 22.6 cm³/mol. The van der Waals surface area contributed by atoms with Gasteiger partial charge in [-0.15, -0.1) is 0 Å². The molecule has 0 aromatic carbocycles. The highest BCUT2D eigenvalue weighted by Gasteiger charge is 1.71. The summed E-state index contributed by atoms with van der Waals surface area (Å²) < 4.78 is 0. The molecule has 0 unspecified atom stereocenters. The van der Waals surface area contributed by atoms with E-state index < -0.39 is 5.90 Å². The Bertz CT molecular complexity index is 51.5. The lowest BCUT2D eigenvalue weighted by Gasteiger charge is -2.00. The molecule has 0 atom stereocenters. The van der Waals surface area contributed by atoms with Crippen LogP contribution in [0.5, 0.6) is 0 Å². The maximum Gasteiger partial charge on any atom is -0.0257 e. The van der Waals surface area contributed by atoms with Crippen molar-refractivity contribution in [2.45, 2.75) is 19.8 Å². The predicted octanol–water partition coefficient (Wildman–Crippen LogP) is 0.124. The fourth-order valence-corrected chi connectivity index (χ4v) is 0.227. The minimum absolute atomic E-state index is 0.403. The summed E-state index contributed by atoms with van der Waals surface area (Å²) in [5.74, 6) is -0.461. The van der Waals surface area contributed by atoms with Crippen molar-refractivity contribution >= 4 is 5.90 Å². The fraction of sp³-hybridized carbons (Fsp3) is 0.750. The number of hydrogen-bond donors (Lipinski definition) is 1. The van der Waals surface area contributed by atoms with E-state index in [0.29, 0.717) is 6.42 Å². The van der Waals surface area contributed by atoms with Gasteiger partial charge in [0.2, 0.25) is 0 Å². The van der Waals surface area contributed by atoms with E-state index in [0.717, 1.165) is 6.42 Å². The number of nitrogens with one attached hydrogen (secondary N) is 1. The molecule has 36 valence electrons. The van der Waals surface area contributed by atoms with E-state index >= 15 is 0 Å². The normalized spacial score (nSPS) is 8.17. The molecule has 0 bridgehead atoms. The van der Waals surface area contributed by atoms with Gasteiger partial charge in [0.15, 0.2) is 0 Å². The van der Waals surface area contributed by atoms with Crippen molar-refractivity contribution in [2.24, 2.45) is 0 Å². The molecule has 6 heavy (non-hydrogen) atoms. The van der Waals surface area contributed by atoms with Crippen molar-refractivity contribution in [1.29, 1.82) is 5.41 Å². The van der Waals surface area contributed by atoms with E-state index in [1.165, 1.54) is 0 Å². The highest BCUT2D eigenvalue weighted by Crippen LogP contribution is 1.80. The first-order valence-corrected chi connectivity index (χ1v) is 2.01. The second-order valence-electron chi connectivity index (χ2n) is 1.17. The van der Waals surface area contributed by atoms with Crippen LogP contribution in [0.4, 0.5) is 0 Å². The first kappa shape index (κ1) is 5.47. The standard InChI is InChI=1S/C4H9NO/c1-2-3-4(5)6/h2-3H2,1H3,(H2,5,6)/p-1. The van der Waals surface area contributed by atoms with E-state index in [-0.39, 0.29) is 0 Å². The van der Waals surface area contributed by atoms with Crippen molar-refractivity contribution < 1.29 is 5.11 Å². The van der Waals surface area contributed by atoms with Crippen molar-refractivity contribution in [3.05, 3.63) is 0 Å². The molecule has 0 spiro atoms. The van der Waals surface area contributed by atoms with Gasteiger partial charge in [0.25, 0.3) is 0 Å². The lowest BCUT2D eigenvalue weighted by molar-refractivity contribution is -0.220. The van der Waals surface area contributed by atoms with Gasteiger partial charge in [-0.3, -0.25) is 0 Å². The second-order valence-corrected chi connectivity index (χ2v) is 1.17. The Morgan fingerprint density at radius 2 is 2.33 bits per heavy atom. The van der Waals surface area contributed by atoms with Gasteiger partial charge in [-0.05, 0) is 12.3 Å². The summed E-state index contributed by atoms with van der Waals surface area (Å²) in [7, 11) is 0. The monoisotopic (exact) mass is 86.1 g/mol. The zero-order valence-electron chi connectivity index (χ0n) is 3.82. The molecule has 2 heteroatoms. The van der Waals surface area contributed by atoms with Gasteiger partial charge in [0.1, 0.15) is 0 Å². The molecule has 0 aliphatic heterocycles. The minimum Gasteiger partial charge on any atom is -0.862 e. The third-order valence-electron chi connectivity index (χ3n) is 0.477. The van der Waals surface area contributed by atoms with E-state index in [9.17, 15) is 5.11 Å². The Labute approximate surface area is 37.3 Å². The molecule has 0 aliphatic carbocycles. The molecule has 0 heterocycles. The van der Waals surface area contributed by atoms with Gasteiger partial charge in [-0.1, -0.05) is 13.3 Å². The molecule has 1 N–H and O–H groups in total. The van der Waals surface area contributed by atoms with Crippen LogP contribution in [0.25, 0.3) is 0 Å². The lowest BCUT2D eigenvalue weighted by atomic mass is 10.3. The Morgan fingerprint density at radius 3 is 2.33 bits per heavy atom. The first-order chi connectivity index (χ1) is 2.77. The van der Waals surface area contributed by atoms with Gasteiger partial charge in [-0.25, -0.2) is 0 Å². The number of hydrogen-bond acceptors (Lipinski definition) is 2. The number of rotatable bonds is 2. The molecule has 0 aliphatic rings. The molecule has 0 aromatic heterocycles. The molecule has 0 saturated heterocycles. The Kier molecular flexibility index (Phi) is 2.46. The van der Waals surface area contributed by atoms with Crippen LogP contribution in [-0.2, 0) is 0 Å². The van der Waals surface area contributed by atoms with E-state index in [2.05, 4.69) is 0 Å². The smallest absolute Gasteiger partial charge is 0.0257 e. The quantitative estimate of drug-likeness (QED) is 0.376. The third kappa shape index (κ3) is 3.47. The van der Waals surface area contributed by atoms with Crippen molar-refractivity contribution in [1.82, 2.24) is 0 Å². The maximum atomic E-state index is 9.71. The van der Waals surface area contributed by atoms with Crippen LogP contribution in [0, 0.1) is 5.41 Å². The Morgan fingerprint density at radius 1 is 1.83 bits per heavy atom. The second kappa shape index (κ2) is 2.69. The van der Waals surface area contributed by atoms with Crippen LogP contribution in [0.15, 0.2) is 0 Å². The van der Waals surface area contributed by atoms with E-state index in [1.807, 2.05) is 6.92 Å². The van der Waals surface area contributed by atoms with Crippen molar-refractivity contribution in [3.63, 3.8) is 0 Å². The largest absolute Gasteiger partial charge is 0.862 e. The average molecular weight is 86.1 g/mol. The third-order valence-corrected chi connectivity index (χ3v) is 0.477. The highest BCUT2D eigenvalue weighted by atomic mass is 16.3. The maximum absolute atomic E-state index is 9.71. The van der Waals surface area contributed by atoms with Gasteiger partial charge in [0, 0.05) is 0 Å². The zero-order valence-corrected chi connectivity index (χ0v) is 3.82. The van der Waals surface area contributed by atoms with E-state index in [4.69, 9.17) is 5.41 Å². The van der Waals surface area contributed by atoms with E-state index in [1.54, 1.807) is 0 Å². The molecule has 0 rings (SSSR count). The van der Waals surface area contributed by atoms with Crippen LogP contribution in [0.3, 0.4) is 0 Å². The van der Waals surface area contributed by atoms with Gasteiger partial charge < -0.3 is 10.5 Å². The van der Waals surface area contributed by atoms with Crippen LogP contribution in [0.2, 0.25) is 0 Å². The summed E-state index contributed by atoms with van der Waals surface area (Å²) in [6.45, 7) is 1.88. The van der Waals surface area contributed by atoms with Gasteiger partial charge in [0.05, 0.1) is 0 Å². The van der Waals surface area contributed by atoms with Crippen LogP contribution >= 0.6 is 0 Å². The van der Waals surface area contributed by atoms with Gasteiger partial charge in [-0.2, -0.15) is 0 Å². The van der Waals surface area contributed by atoms with Gasteiger partial charge >= 0.3 is 0 Å². The molecular weight excluding hydrogens is 78.0 g/mol. The summed E-state index contributed by atoms with van der Waals surface area (Å²) in [6, 6.07) is 0. The average Bonchev–Trinajstić information content (AvgIpc) is 1.35. The lowest BCUT2D eigenvalue weighted by Crippen LogP contribution is -2.13. The highest BCUT2D eigenvalue weighted by molar-refractivity contribution is 5.67. The zero-order chi connectivity index (χ0) is 4.99. The summed E-state index contributed by atoms with van der Waals surface area (Å²) in [5.41, 5.74) is 0. The SMILES string of the molecule is CCCC(=N)[O-]. The molecule has 0 radical (unpaired) electrons. The first-order valence-electron chi connectivity index (χ1n) is 2.01. The Hall–Kier alpha value is -0.530. The fourth-order valence-electron chi connectivity index (χ4n) is 0.227. The molecule has 0 aromatic rings. The molecular formula is C4H8NO-. The molecule has 2 nitrogen and oxygen atoms in total. The summed E-state index contributed by atoms with van der Waals surface area (Å²) in [4.78, 5) is 0. The van der Waals surface area contributed by atoms with Crippen molar-refractivity contribution in [2.75, 3.05) is 0 Å². The van der Waals surface area contributed by atoms with Crippen LogP contribution in [-0.4, -0.2) is 5.90 Å². The summed E-state index contributed by atoms with van der Waals surface area (Å²) in [6.07, 6.45) is 1.20. The van der Waals surface area contributed by atoms with Crippen molar-refractivity contribution in [3.8, 4) is 0 Å².